The van der Waals surface area contributed by atoms with E-state index in [0.717, 1.165) is 24.3 Å². The minimum absolute atomic E-state index is 0.0490. The fourth-order valence-electron chi connectivity index (χ4n) is 2.08. The Hall–Kier alpha value is -0.880. The maximum Gasteiger partial charge on any atom is 0.182 e. The van der Waals surface area contributed by atoms with Gasteiger partial charge in [0.1, 0.15) is 4.99 Å². The molecule has 0 saturated carbocycles. The van der Waals surface area contributed by atoms with Crippen LogP contribution in [0.1, 0.15) is 18.4 Å². The average molecular weight is 302 g/mol. The Kier molecular flexibility index (Phi) is 4.99. The van der Waals surface area contributed by atoms with Crippen LogP contribution in [0.15, 0.2) is 12.1 Å². The van der Waals surface area contributed by atoms with Gasteiger partial charge in [0.2, 0.25) is 0 Å². The van der Waals surface area contributed by atoms with Gasteiger partial charge in [0.25, 0.3) is 0 Å². The summed E-state index contributed by atoms with van der Waals surface area (Å²) < 4.78 is 27.5. The summed E-state index contributed by atoms with van der Waals surface area (Å²) in [5, 5.41) is 2.98. The van der Waals surface area contributed by atoms with Crippen molar-refractivity contribution in [1.82, 2.24) is 0 Å². The third-order valence-corrected chi connectivity index (χ3v) is 4.54. The molecule has 104 valence electrons. The molecule has 0 atom stereocenters. The Morgan fingerprint density at radius 3 is 2.63 bits per heavy atom. The molecule has 1 aliphatic rings. The first-order valence-electron chi connectivity index (χ1n) is 6.19. The lowest BCUT2D eigenvalue weighted by molar-refractivity contribution is 0.498. The van der Waals surface area contributed by atoms with Crippen LogP contribution in [0.25, 0.3) is 0 Å². The highest BCUT2D eigenvalue weighted by atomic mass is 32.2. The summed E-state index contributed by atoms with van der Waals surface area (Å²) in [5.74, 6) is 0.929. The lowest BCUT2D eigenvalue weighted by Gasteiger charge is -2.22. The average Bonchev–Trinajstić information content (AvgIpc) is 2.41. The van der Waals surface area contributed by atoms with Crippen LogP contribution >= 0.6 is 24.0 Å². The molecule has 1 saturated heterocycles. The van der Waals surface area contributed by atoms with Gasteiger partial charge in [0.15, 0.2) is 11.6 Å². The van der Waals surface area contributed by atoms with Crippen molar-refractivity contribution in [3.05, 3.63) is 29.3 Å². The smallest absolute Gasteiger partial charge is 0.182 e. The van der Waals surface area contributed by atoms with Crippen molar-refractivity contribution >= 4 is 34.7 Å². The number of nitrogens with two attached hydrogens (primary N) is 1. The van der Waals surface area contributed by atoms with E-state index in [1.54, 1.807) is 0 Å². The molecule has 0 aliphatic carbocycles. The van der Waals surface area contributed by atoms with Crippen LogP contribution in [0.2, 0.25) is 0 Å². The van der Waals surface area contributed by atoms with Crippen molar-refractivity contribution in [3.63, 3.8) is 0 Å². The minimum atomic E-state index is -0.975. The Labute approximate surface area is 121 Å². The van der Waals surface area contributed by atoms with E-state index in [4.69, 9.17) is 5.73 Å². The number of anilines is 1. The Morgan fingerprint density at radius 2 is 2.00 bits per heavy atom. The van der Waals surface area contributed by atoms with E-state index in [9.17, 15) is 8.78 Å². The molecular weight excluding hydrogens is 286 g/mol. The SMILES string of the molecule is NC(=S)c1ccc(NCC2CCSCC2)c(F)c1F. The van der Waals surface area contributed by atoms with Crippen molar-refractivity contribution in [2.45, 2.75) is 12.8 Å². The fraction of sp³-hybridized carbons (Fsp3) is 0.462. The zero-order valence-corrected chi connectivity index (χ0v) is 12.1. The quantitative estimate of drug-likeness (QED) is 0.838. The van der Waals surface area contributed by atoms with Crippen molar-refractivity contribution in [3.8, 4) is 0 Å². The normalized spacial score (nSPS) is 16.3. The van der Waals surface area contributed by atoms with Gasteiger partial charge >= 0.3 is 0 Å². The molecule has 6 heteroatoms. The molecule has 0 spiro atoms. The van der Waals surface area contributed by atoms with E-state index in [1.807, 2.05) is 11.8 Å². The minimum Gasteiger partial charge on any atom is -0.389 e. The van der Waals surface area contributed by atoms with Crippen LogP contribution in [-0.2, 0) is 0 Å². The summed E-state index contributed by atoms with van der Waals surface area (Å²) >= 11 is 6.61. The maximum atomic E-state index is 13.8. The second kappa shape index (κ2) is 6.52. The van der Waals surface area contributed by atoms with Gasteiger partial charge in [-0.1, -0.05) is 12.2 Å². The van der Waals surface area contributed by atoms with Gasteiger partial charge < -0.3 is 11.1 Å². The van der Waals surface area contributed by atoms with Gasteiger partial charge in [0, 0.05) is 12.1 Å². The number of hydrogen-bond acceptors (Lipinski definition) is 3. The highest BCUT2D eigenvalue weighted by molar-refractivity contribution is 7.99. The van der Waals surface area contributed by atoms with Crippen LogP contribution in [0, 0.1) is 17.6 Å². The van der Waals surface area contributed by atoms with Crippen LogP contribution in [-0.4, -0.2) is 23.0 Å². The number of thiocarbonyl (C=S) groups is 1. The summed E-state index contributed by atoms with van der Waals surface area (Å²) in [6.45, 7) is 0.670. The van der Waals surface area contributed by atoms with Crippen LogP contribution in [0.5, 0.6) is 0 Å². The molecular formula is C13H16F2N2S2. The predicted octanol–water partition coefficient (Wildman–Crippen LogP) is 3.15. The van der Waals surface area contributed by atoms with Crippen LogP contribution in [0.3, 0.4) is 0 Å². The molecule has 1 aliphatic heterocycles. The van der Waals surface area contributed by atoms with Crippen molar-refractivity contribution in [2.24, 2.45) is 11.7 Å². The zero-order valence-electron chi connectivity index (χ0n) is 10.4. The third-order valence-electron chi connectivity index (χ3n) is 3.27. The molecule has 1 fully saturated rings. The number of nitrogens with one attached hydrogen (secondary N) is 1. The van der Waals surface area contributed by atoms with E-state index in [2.05, 4.69) is 17.5 Å². The Morgan fingerprint density at radius 1 is 1.32 bits per heavy atom. The molecule has 0 amide bonds. The molecule has 1 aromatic rings. The van der Waals surface area contributed by atoms with E-state index < -0.39 is 11.6 Å². The first kappa shape index (κ1) is 14.5. The molecule has 3 N–H and O–H groups in total. The van der Waals surface area contributed by atoms with Crippen LogP contribution < -0.4 is 11.1 Å². The molecule has 0 aromatic heterocycles. The summed E-state index contributed by atoms with van der Waals surface area (Å²) in [7, 11) is 0. The maximum absolute atomic E-state index is 13.8. The Bertz CT molecular complexity index is 474. The summed E-state index contributed by atoms with van der Waals surface area (Å²) in [6.07, 6.45) is 2.24. The molecule has 0 bridgehead atoms. The van der Waals surface area contributed by atoms with Crippen molar-refractivity contribution < 1.29 is 8.78 Å². The second-order valence-electron chi connectivity index (χ2n) is 4.59. The van der Waals surface area contributed by atoms with E-state index in [1.165, 1.54) is 12.1 Å². The monoisotopic (exact) mass is 302 g/mol. The van der Waals surface area contributed by atoms with E-state index in [0.29, 0.717) is 12.5 Å². The summed E-state index contributed by atoms with van der Waals surface area (Å²) in [5.41, 5.74) is 5.45. The number of halogens is 2. The van der Waals surface area contributed by atoms with Crippen molar-refractivity contribution in [2.75, 3.05) is 23.4 Å². The Balaban J connectivity index is 2.04. The summed E-state index contributed by atoms with van der Waals surface area (Å²) in [4.78, 5) is -0.132. The van der Waals surface area contributed by atoms with Gasteiger partial charge in [-0.15, -0.1) is 0 Å². The molecule has 2 nitrogen and oxygen atoms in total. The lowest BCUT2D eigenvalue weighted by atomic mass is 10.0. The number of benzene rings is 1. The molecule has 2 rings (SSSR count). The topological polar surface area (TPSA) is 38.0 Å². The number of hydrogen-bond donors (Lipinski definition) is 2. The zero-order chi connectivity index (χ0) is 13.8. The highest BCUT2D eigenvalue weighted by Gasteiger charge is 2.17. The highest BCUT2D eigenvalue weighted by Crippen LogP contribution is 2.25. The standard InChI is InChI=1S/C13H16F2N2S2/c14-11-9(13(16)18)1-2-10(12(11)15)17-7-8-3-5-19-6-4-8/h1-2,8,17H,3-7H2,(H2,16,18). The molecule has 1 aromatic carbocycles. The van der Waals surface area contributed by atoms with E-state index in [-0.39, 0.29) is 16.2 Å². The molecule has 0 radical (unpaired) electrons. The third kappa shape index (κ3) is 3.57. The largest absolute Gasteiger partial charge is 0.389 e. The molecule has 0 unspecified atom stereocenters. The van der Waals surface area contributed by atoms with Gasteiger partial charge in [0.05, 0.1) is 5.69 Å². The predicted molar refractivity (Wildman–Crippen MR) is 80.8 cm³/mol. The van der Waals surface area contributed by atoms with E-state index >= 15 is 0 Å². The summed E-state index contributed by atoms with van der Waals surface area (Å²) in [6, 6.07) is 2.91. The number of rotatable bonds is 4. The van der Waals surface area contributed by atoms with Gasteiger partial charge in [-0.2, -0.15) is 11.8 Å². The molecule has 1 heterocycles. The number of thioether (sulfide) groups is 1. The first-order chi connectivity index (χ1) is 9.09. The van der Waals surface area contributed by atoms with Gasteiger partial charge in [-0.3, -0.25) is 0 Å². The van der Waals surface area contributed by atoms with Gasteiger partial charge in [-0.05, 0) is 42.4 Å². The van der Waals surface area contributed by atoms with Crippen molar-refractivity contribution in [1.29, 1.82) is 0 Å². The molecule has 19 heavy (non-hydrogen) atoms. The van der Waals surface area contributed by atoms with Crippen LogP contribution in [0.4, 0.5) is 14.5 Å². The second-order valence-corrected chi connectivity index (χ2v) is 6.25. The first-order valence-corrected chi connectivity index (χ1v) is 7.75. The fourth-order valence-corrected chi connectivity index (χ4v) is 3.44. The van der Waals surface area contributed by atoms with Gasteiger partial charge in [-0.25, -0.2) is 8.78 Å². The lowest BCUT2D eigenvalue weighted by Crippen LogP contribution is -2.20.